The van der Waals surface area contributed by atoms with E-state index >= 15 is 0 Å². The zero-order chi connectivity index (χ0) is 10.2. The zero-order valence-electron chi connectivity index (χ0n) is 7.46. The molecule has 14 heavy (non-hydrogen) atoms. The summed E-state index contributed by atoms with van der Waals surface area (Å²) in [5.74, 6) is 0. The lowest BCUT2D eigenvalue weighted by molar-refractivity contribution is 0.0232. The van der Waals surface area contributed by atoms with E-state index in [1.165, 1.54) is 0 Å². The molecule has 1 aliphatic rings. The molecule has 4 heteroatoms. The fourth-order valence-electron chi connectivity index (χ4n) is 1.60. The molecule has 1 atom stereocenters. The van der Waals surface area contributed by atoms with E-state index in [4.69, 9.17) is 27.9 Å². The lowest BCUT2D eigenvalue weighted by Gasteiger charge is -2.21. The molecule has 1 unspecified atom stereocenters. The third kappa shape index (κ3) is 1.89. The first-order valence-corrected chi connectivity index (χ1v) is 5.12. The Morgan fingerprint density at radius 2 is 1.86 bits per heavy atom. The van der Waals surface area contributed by atoms with Crippen molar-refractivity contribution >= 4 is 23.2 Å². The minimum Gasteiger partial charge on any atom is -0.383 e. The molecule has 1 N–H and O–H groups in total. The molecule has 0 spiro atoms. The number of halogens is 2. The van der Waals surface area contributed by atoms with Gasteiger partial charge in [-0.25, -0.2) is 0 Å². The maximum Gasteiger partial charge on any atom is 0.115 e. The van der Waals surface area contributed by atoms with Crippen LogP contribution in [0.15, 0.2) is 18.2 Å². The average molecular weight is 233 g/mol. The highest BCUT2D eigenvalue weighted by atomic mass is 35.5. The molecule has 1 heterocycles. The molecule has 0 aromatic heterocycles. The second-order valence-corrected chi connectivity index (χ2v) is 4.37. The van der Waals surface area contributed by atoms with Gasteiger partial charge in [-0.1, -0.05) is 23.2 Å². The largest absolute Gasteiger partial charge is 0.383 e. The van der Waals surface area contributed by atoms with Crippen molar-refractivity contribution in [2.24, 2.45) is 0 Å². The first kappa shape index (κ1) is 10.2. The molecule has 2 nitrogen and oxygen atoms in total. The fraction of sp³-hybridized carbons (Fsp3) is 0.400. The number of rotatable bonds is 1. The van der Waals surface area contributed by atoms with Gasteiger partial charge in [0.05, 0.1) is 6.61 Å². The van der Waals surface area contributed by atoms with Gasteiger partial charge in [-0.15, -0.1) is 0 Å². The van der Waals surface area contributed by atoms with Crippen molar-refractivity contribution in [3.05, 3.63) is 33.8 Å². The standard InChI is InChI=1S/C10H10Cl2O2/c11-8-3-7(4-9(12)5-8)10(13)1-2-14-6-10/h3-5,13H,1-2,6H2. The summed E-state index contributed by atoms with van der Waals surface area (Å²) in [6, 6.07) is 5.09. The SMILES string of the molecule is OC1(c2cc(Cl)cc(Cl)c2)CCOC1. The van der Waals surface area contributed by atoms with E-state index in [9.17, 15) is 5.11 Å². The van der Waals surface area contributed by atoms with Crippen LogP contribution in [0, 0.1) is 0 Å². The summed E-state index contributed by atoms with van der Waals surface area (Å²) in [5.41, 5.74) is -0.193. The number of hydrogen-bond acceptors (Lipinski definition) is 2. The molecule has 0 saturated carbocycles. The molecule has 2 rings (SSSR count). The summed E-state index contributed by atoms with van der Waals surface area (Å²) < 4.78 is 5.16. The van der Waals surface area contributed by atoms with Crippen LogP contribution >= 0.6 is 23.2 Å². The summed E-state index contributed by atoms with van der Waals surface area (Å²) in [6.07, 6.45) is 0.587. The van der Waals surface area contributed by atoms with Crippen molar-refractivity contribution in [3.63, 3.8) is 0 Å². The normalized spacial score (nSPS) is 26.8. The van der Waals surface area contributed by atoms with Gasteiger partial charge in [0.15, 0.2) is 0 Å². The van der Waals surface area contributed by atoms with E-state index in [2.05, 4.69) is 0 Å². The van der Waals surface area contributed by atoms with Crippen molar-refractivity contribution in [2.45, 2.75) is 12.0 Å². The Hall–Kier alpha value is -0.280. The van der Waals surface area contributed by atoms with Crippen LogP contribution in [0.2, 0.25) is 10.0 Å². The third-order valence-electron chi connectivity index (χ3n) is 2.40. The van der Waals surface area contributed by atoms with Crippen molar-refractivity contribution in [1.29, 1.82) is 0 Å². The highest BCUT2D eigenvalue weighted by molar-refractivity contribution is 6.34. The number of hydrogen-bond donors (Lipinski definition) is 1. The van der Waals surface area contributed by atoms with Crippen molar-refractivity contribution < 1.29 is 9.84 Å². The molecule has 1 fully saturated rings. The van der Waals surface area contributed by atoms with Crippen LogP contribution in [-0.4, -0.2) is 18.3 Å². The molecule has 0 amide bonds. The Balaban J connectivity index is 2.40. The van der Waals surface area contributed by atoms with E-state index in [0.29, 0.717) is 29.7 Å². The quantitative estimate of drug-likeness (QED) is 0.807. The fourth-order valence-corrected chi connectivity index (χ4v) is 2.13. The van der Waals surface area contributed by atoms with Gasteiger partial charge in [-0.2, -0.15) is 0 Å². The summed E-state index contributed by atoms with van der Waals surface area (Å²) in [7, 11) is 0. The molecule has 0 radical (unpaired) electrons. The first-order valence-electron chi connectivity index (χ1n) is 4.37. The Morgan fingerprint density at radius 1 is 1.21 bits per heavy atom. The summed E-state index contributed by atoms with van der Waals surface area (Å²) in [4.78, 5) is 0. The molecule has 1 saturated heterocycles. The maximum absolute atomic E-state index is 10.2. The average Bonchev–Trinajstić information content (AvgIpc) is 2.52. The Bertz CT molecular complexity index is 326. The second kappa shape index (κ2) is 3.70. The maximum atomic E-state index is 10.2. The molecule has 1 aromatic rings. The minimum absolute atomic E-state index is 0.309. The van der Waals surface area contributed by atoms with Gasteiger partial charge in [0, 0.05) is 23.1 Å². The Labute approximate surface area is 92.4 Å². The Morgan fingerprint density at radius 3 is 2.36 bits per heavy atom. The van der Waals surface area contributed by atoms with Gasteiger partial charge < -0.3 is 9.84 Å². The van der Waals surface area contributed by atoms with Crippen LogP contribution in [0.5, 0.6) is 0 Å². The predicted molar refractivity (Wildman–Crippen MR) is 55.8 cm³/mol. The molecule has 0 bridgehead atoms. The Kier molecular flexibility index (Phi) is 2.71. The number of ether oxygens (including phenoxy) is 1. The number of aliphatic hydroxyl groups is 1. The van der Waals surface area contributed by atoms with Crippen LogP contribution in [0.25, 0.3) is 0 Å². The van der Waals surface area contributed by atoms with Gasteiger partial charge in [0.25, 0.3) is 0 Å². The van der Waals surface area contributed by atoms with E-state index in [0.717, 1.165) is 5.56 Å². The molecule has 1 aromatic carbocycles. The van der Waals surface area contributed by atoms with Gasteiger partial charge in [0.1, 0.15) is 5.60 Å². The second-order valence-electron chi connectivity index (χ2n) is 3.49. The lowest BCUT2D eigenvalue weighted by Crippen LogP contribution is -2.25. The van der Waals surface area contributed by atoms with Crippen LogP contribution in [0.1, 0.15) is 12.0 Å². The first-order chi connectivity index (χ1) is 6.60. The van der Waals surface area contributed by atoms with E-state index in [1.807, 2.05) is 0 Å². The zero-order valence-corrected chi connectivity index (χ0v) is 8.98. The highest BCUT2D eigenvalue weighted by Crippen LogP contribution is 2.33. The van der Waals surface area contributed by atoms with E-state index < -0.39 is 5.60 Å². The molecular formula is C10H10Cl2O2. The topological polar surface area (TPSA) is 29.5 Å². The van der Waals surface area contributed by atoms with Gasteiger partial charge >= 0.3 is 0 Å². The summed E-state index contributed by atoms with van der Waals surface area (Å²) in [5, 5.41) is 11.2. The monoisotopic (exact) mass is 232 g/mol. The van der Waals surface area contributed by atoms with E-state index in [-0.39, 0.29) is 0 Å². The number of benzene rings is 1. The van der Waals surface area contributed by atoms with Gasteiger partial charge in [0.2, 0.25) is 0 Å². The minimum atomic E-state index is -0.922. The van der Waals surface area contributed by atoms with Gasteiger partial charge in [-0.05, 0) is 23.8 Å². The van der Waals surface area contributed by atoms with Crippen LogP contribution < -0.4 is 0 Å². The molecule has 76 valence electrons. The smallest absolute Gasteiger partial charge is 0.115 e. The van der Waals surface area contributed by atoms with Crippen molar-refractivity contribution in [1.82, 2.24) is 0 Å². The summed E-state index contributed by atoms with van der Waals surface area (Å²) >= 11 is 11.7. The van der Waals surface area contributed by atoms with Crippen molar-refractivity contribution in [2.75, 3.05) is 13.2 Å². The van der Waals surface area contributed by atoms with Crippen LogP contribution in [0.4, 0.5) is 0 Å². The molecule has 0 aliphatic carbocycles. The summed E-state index contributed by atoms with van der Waals surface area (Å²) in [6.45, 7) is 0.879. The third-order valence-corrected chi connectivity index (χ3v) is 2.84. The van der Waals surface area contributed by atoms with Crippen LogP contribution in [-0.2, 0) is 10.3 Å². The molecular weight excluding hydrogens is 223 g/mol. The van der Waals surface area contributed by atoms with Crippen LogP contribution in [0.3, 0.4) is 0 Å². The van der Waals surface area contributed by atoms with Gasteiger partial charge in [-0.3, -0.25) is 0 Å². The lowest BCUT2D eigenvalue weighted by atomic mass is 9.93. The highest BCUT2D eigenvalue weighted by Gasteiger charge is 2.34. The van der Waals surface area contributed by atoms with E-state index in [1.54, 1.807) is 18.2 Å². The molecule has 1 aliphatic heterocycles. The predicted octanol–water partition coefficient (Wildman–Crippen LogP) is 2.60. The van der Waals surface area contributed by atoms with Crippen molar-refractivity contribution in [3.8, 4) is 0 Å².